The van der Waals surface area contributed by atoms with Crippen molar-refractivity contribution in [2.24, 2.45) is 0 Å². The first-order chi connectivity index (χ1) is 31.7. The number of pyridine rings is 3. The maximum absolute atomic E-state index is 5.26. The molecular formula is C58H36N6. The number of aromatic nitrogens is 6. The van der Waals surface area contributed by atoms with Crippen molar-refractivity contribution in [3.8, 4) is 78.9 Å². The highest BCUT2D eigenvalue weighted by Gasteiger charge is 2.18. The van der Waals surface area contributed by atoms with Crippen LogP contribution in [0.1, 0.15) is 0 Å². The standard InChI is InChI=1S/C58H36N6/c1-3-12-37(13-4-1)47-32-29-45(36-50(47)39-14-5-2-6-15-39)57-62-56(63-58(64-57)49-22-10-18-41-19-11-35-59-53(41)49)44-27-23-40(24-28-44)51-33-30-42-25-26-43-31-34-52(61-55(43)54(42)60-51)48-21-9-17-38-16-7-8-20-46(38)48/h1-36H. The maximum atomic E-state index is 5.26. The minimum atomic E-state index is 0.556. The van der Waals surface area contributed by atoms with Crippen molar-refractivity contribution in [1.29, 1.82) is 0 Å². The van der Waals surface area contributed by atoms with E-state index in [9.17, 15) is 0 Å². The van der Waals surface area contributed by atoms with Gasteiger partial charge in [0.1, 0.15) is 0 Å². The molecule has 0 unspecified atom stereocenters. The highest BCUT2D eigenvalue weighted by atomic mass is 15.0. The quantitative estimate of drug-likeness (QED) is 0.149. The van der Waals surface area contributed by atoms with E-state index in [0.717, 1.165) is 94.2 Å². The van der Waals surface area contributed by atoms with Crippen molar-refractivity contribution in [3.63, 3.8) is 0 Å². The summed E-state index contributed by atoms with van der Waals surface area (Å²) >= 11 is 0. The molecule has 12 rings (SSSR count). The van der Waals surface area contributed by atoms with Gasteiger partial charge in [-0.05, 0) is 63.4 Å². The molecule has 12 aromatic rings. The SMILES string of the molecule is c1ccc(-c2ccc(-c3nc(-c4ccc(-c5ccc6ccc7ccc(-c8cccc9ccccc89)nc7c6n5)cc4)nc(-c4cccc5cccnc45)n3)cc2-c2ccccc2)cc1. The van der Waals surface area contributed by atoms with Crippen molar-refractivity contribution in [3.05, 3.63) is 219 Å². The molecule has 0 aliphatic rings. The van der Waals surface area contributed by atoms with Crippen molar-refractivity contribution in [1.82, 2.24) is 29.9 Å². The predicted octanol–water partition coefficient (Wildman–Crippen LogP) is 14.3. The second-order valence-electron chi connectivity index (χ2n) is 15.9. The molecule has 0 amide bonds. The third kappa shape index (κ3) is 6.71. The Bertz CT molecular complexity index is 3710. The lowest BCUT2D eigenvalue weighted by Gasteiger charge is -2.14. The smallest absolute Gasteiger partial charge is 0.166 e. The Kier molecular flexibility index (Phi) is 9.05. The first kappa shape index (κ1) is 37.1. The van der Waals surface area contributed by atoms with Gasteiger partial charge >= 0.3 is 0 Å². The molecule has 0 radical (unpaired) electrons. The summed E-state index contributed by atoms with van der Waals surface area (Å²) in [7, 11) is 0. The Morgan fingerprint density at radius 2 is 0.781 bits per heavy atom. The van der Waals surface area contributed by atoms with Gasteiger partial charge < -0.3 is 0 Å². The number of hydrogen-bond donors (Lipinski definition) is 0. The Morgan fingerprint density at radius 3 is 1.55 bits per heavy atom. The minimum Gasteiger partial charge on any atom is -0.255 e. The van der Waals surface area contributed by atoms with E-state index in [-0.39, 0.29) is 0 Å². The number of nitrogens with zero attached hydrogens (tertiary/aromatic N) is 6. The molecule has 6 heteroatoms. The molecular weight excluding hydrogens is 781 g/mol. The third-order valence-corrected chi connectivity index (χ3v) is 12.0. The van der Waals surface area contributed by atoms with E-state index in [0.29, 0.717) is 17.5 Å². The summed E-state index contributed by atoms with van der Waals surface area (Å²) in [6, 6.07) is 73.4. The molecule has 0 aliphatic carbocycles. The van der Waals surface area contributed by atoms with Gasteiger partial charge in [-0.2, -0.15) is 0 Å². The summed E-state index contributed by atoms with van der Waals surface area (Å²) in [6.07, 6.45) is 1.81. The summed E-state index contributed by atoms with van der Waals surface area (Å²) in [5, 5.41) is 5.46. The number of para-hydroxylation sites is 1. The van der Waals surface area contributed by atoms with E-state index >= 15 is 0 Å². The Hall–Kier alpha value is -8.74. The maximum Gasteiger partial charge on any atom is 0.166 e. The summed E-state index contributed by atoms with van der Waals surface area (Å²) in [6.45, 7) is 0. The highest BCUT2D eigenvalue weighted by Crippen LogP contribution is 2.37. The fourth-order valence-electron chi connectivity index (χ4n) is 8.77. The van der Waals surface area contributed by atoms with Gasteiger partial charge in [-0.15, -0.1) is 0 Å². The molecule has 0 bridgehead atoms. The molecule has 298 valence electrons. The van der Waals surface area contributed by atoms with E-state index < -0.39 is 0 Å². The van der Waals surface area contributed by atoms with Gasteiger partial charge in [-0.3, -0.25) is 4.98 Å². The Balaban J connectivity index is 0.967. The zero-order valence-electron chi connectivity index (χ0n) is 34.5. The van der Waals surface area contributed by atoms with Crippen molar-refractivity contribution < 1.29 is 0 Å². The molecule has 0 fully saturated rings. The molecule has 8 aromatic carbocycles. The molecule has 64 heavy (non-hydrogen) atoms. The van der Waals surface area contributed by atoms with Crippen LogP contribution in [0, 0.1) is 0 Å². The molecule has 0 saturated carbocycles. The van der Waals surface area contributed by atoms with Crippen LogP contribution >= 0.6 is 0 Å². The van der Waals surface area contributed by atoms with E-state index in [1.54, 1.807) is 0 Å². The Labute approximate surface area is 369 Å². The largest absolute Gasteiger partial charge is 0.255 e. The molecule has 6 nitrogen and oxygen atoms in total. The van der Waals surface area contributed by atoms with Crippen LogP contribution < -0.4 is 0 Å². The van der Waals surface area contributed by atoms with Gasteiger partial charge in [-0.25, -0.2) is 24.9 Å². The van der Waals surface area contributed by atoms with Gasteiger partial charge in [0.15, 0.2) is 17.5 Å². The first-order valence-corrected chi connectivity index (χ1v) is 21.4. The van der Waals surface area contributed by atoms with E-state index in [2.05, 4.69) is 182 Å². The fraction of sp³-hybridized carbons (Fsp3) is 0. The van der Waals surface area contributed by atoms with Crippen LogP contribution in [-0.4, -0.2) is 29.9 Å². The van der Waals surface area contributed by atoms with E-state index in [4.69, 9.17) is 29.9 Å². The second-order valence-corrected chi connectivity index (χ2v) is 15.9. The molecule has 4 aromatic heterocycles. The summed E-state index contributed by atoms with van der Waals surface area (Å²) in [5.74, 6) is 1.70. The lowest BCUT2D eigenvalue weighted by molar-refractivity contribution is 1.07. The summed E-state index contributed by atoms with van der Waals surface area (Å²) < 4.78 is 0. The van der Waals surface area contributed by atoms with Gasteiger partial charge in [0.05, 0.1) is 27.9 Å². The van der Waals surface area contributed by atoms with Crippen LogP contribution in [-0.2, 0) is 0 Å². The summed E-state index contributed by atoms with van der Waals surface area (Å²) in [4.78, 5) is 30.8. The highest BCUT2D eigenvalue weighted by molar-refractivity contribution is 6.05. The lowest BCUT2D eigenvalue weighted by atomic mass is 9.92. The van der Waals surface area contributed by atoms with Crippen LogP contribution in [0.4, 0.5) is 0 Å². The fourth-order valence-corrected chi connectivity index (χ4v) is 8.77. The monoisotopic (exact) mass is 816 g/mol. The zero-order valence-corrected chi connectivity index (χ0v) is 34.5. The van der Waals surface area contributed by atoms with Crippen molar-refractivity contribution in [2.45, 2.75) is 0 Å². The van der Waals surface area contributed by atoms with Crippen LogP contribution in [0.3, 0.4) is 0 Å². The number of rotatable bonds is 7. The molecule has 0 spiro atoms. The van der Waals surface area contributed by atoms with Crippen molar-refractivity contribution in [2.75, 3.05) is 0 Å². The second kappa shape index (κ2) is 15.6. The first-order valence-electron chi connectivity index (χ1n) is 21.4. The molecule has 4 heterocycles. The topological polar surface area (TPSA) is 77.3 Å². The van der Waals surface area contributed by atoms with E-state index in [1.165, 1.54) is 10.8 Å². The average Bonchev–Trinajstić information content (AvgIpc) is 3.38. The molecule has 0 atom stereocenters. The minimum absolute atomic E-state index is 0.556. The van der Waals surface area contributed by atoms with E-state index in [1.807, 2.05) is 36.5 Å². The lowest BCUT2D eigenvalue weighted by Crippen LogP contribution is -2.01. The Morgan fingerprint density at radius 1 is 0.250 bits per heavy atom. The average molecular weight is 817 g/mol. The molecule has 0 N–H and O–H groups in total. The van der Waals surface area contributed by atoms with Gasteiger partial charge in [0.25, 0.3) is 0 Å². The molecule has 0 saturated heterocycles. The van der Waals surface area contributed by atoms with Crippen LogP contribution in [0.5, 0.6) is 0 Å². The van der Waals surface area contributed by atoms with Gasteiger partial charge in [0.2, 0.25) is 0 Å². The number of benzene rings is 8. The normalized spacial score (nSPS) is 11.4. The number of fused-ring (bicyclic) bond motifs is 5. The molecule has 0 aliphatic heterocycles. The predicted molar refractivity (Wildman–Crippen MR) is 261 cm³/mol. The van der Waals surface area contributed by atoms with Crippen LogP contribution in [0.15, 0.2) is 219 Å². The van der Waals surface area contributed by atoms with Gasteiger partial charge in [0, 0.05) is 50.2 Å². The summed E-state index contributed by atoms with van der Waals surface area (Å²) in [5.41, 5.74) is 13.5. The third-order valence-electron chi connectivity index (χ3n) is 12.0. The van der Waals surface area contributed by atoms with Crippen LogP contribution in [0.2, 0.25) is 0 Å². The zero-order chi connectivity index (χ0) is 42.4. The van der Waals surface area contributed by atoms with Crippen LogP contribution in [0.25, 0.3) is 122 Å². The van der Waals surface area contributed by atoms with Gasteiger partial charge in [-0.1, -0.05) is 182 Å². The van der Waals surface area contributed by atoms with Crippen molar-refractivity contribution >= 4 is 43.5 Å². The number of hydrogen-bond acceptors (Lipinski definition) is 6.